The molecule has 2 rings (SSSR count). The van der Waals surface area contributed by atoms with Crippen LogP contribution < -0.4 is 5.32 Å². The number of hydrogen-bond donors (Lipinski definition) is 1. The lowest BCUT2D eigenvalue weighted by molar-refractivity contribution is 0.258. The van der Waals surface area contributed by atoms with Crippen molar-refractivity contribution >= 4 is 11.3 Å². The molecule has 0 radical (unpaired) electrons. The van der Waals surface area contributed by atoms with E-state index >= 15 is 0 Å². The zero-order chi connectivity index (χ0) is 11.4. The predicted molar refractivity (Wildman–Crippen MR) is 71.0 cm³/mol. The predicted octanol–water partition coefficient (Wildman–Crippen LogP) is 2.63. The zero-order valence-electron chi connectivity index (χ0n) is 10.3. The molecule has 1 unspecified atom stereocenters. The molecule has 0 spiro atoms. The Hall–Kier alpha value is -0.380. The Kier molecular flexibility index (Phi) is 4.38. The van der Waals surface area contributed by atoms with E-state index in [1.54, 1.807) is 0 Å². The van der Waals surface area contributed by atoms with Crippen molar-refractivity contribution in [2.75, 3.05) is 20.1 Å². The summed E-state index contributed by atoms with van der Waals surface area (Å²) in [6.45, 7) is 5.69. The fraction of sp³-hybridized carbons (Fsp3) is 0.692. The Morgan fingerprint density at radius 3 is 3.00 bits per heavy atom. The second-order valence-corrected chi connectivity index (χ2v) is 5.87. The van der Waals surface area contributed by atoms with E-state index in [1.165, 1.54) is 42.8 Å². The second kappa shape index (κ2) is 5.80. The van der Waals surface area contributed by atoms with Crippen LogP contribution in [0, 0.1) is 6.92 Å². The highest BCUT2D eigenvalue weighted by Gasteiger charge is 2.15. The summed E-state index contributed by atoms with van der Waals surface area (Å²) < 4.78 is 0. The maximum atomic E-state index is 3.61. The minimum Gasteiger partial charge on any atom is -0.313 e. The van der Waals surface area contributed by atoms with E-state index in [4.69, 9.17) is 0 Å². The molecule has 16 heavy (non-hydrogen) atoms. The Balaban J connectivity index is 1.79. The van der Waals surface area contributed by atoms with Crippen molar-refractivity contribution in [3.8, 4) is 0 Å². The first kappa shape index (κ1) is 12.1. The summed E-state index contributed by atoms with van der Waals surface area (Å²) in [4.78, 5) is 3.96. The van der Waals surface area contributed by atoms with E-state index in [0.717, 1.165) is 6.54 Å². The molecule has 1 aromatic heterocycles. The monoisotopic (exact) mass is 238 g/mol. The smallest absolute Gasteiger partial charge is 0.0328 e. The molecule has 1 atom stereocenters. The van der Waals surface area contributed by atoms with Crippen LogP contribution in [0.25, 0.3) is 0 Å². The molecule has 1 saturated heterocycles. The van der Waals surface area contributed by atoms with Crippen LogP contribution >= 0.6 is 11.3 Å². The van der Waals surface area contributed by atoms with E-state index in [-0.39, 0.29) is 0 Å². The van der Waals surface area contributed by atoms with Crippen molar-refractivity contribution < 1.29 is 0 Å². The lowest BCUT2D eigenvalue weighted by atomic mass is 10.0. The molecule has 0 aliphatic carbocycles. The third kappa shape index (κ3) is 3.30. The van der Waals surface area contributed by atoms with Gasteiger partial charge in [-0.1, -0.05) is 6.42 Å². The Morgan fingerprint density at radius 1 is 1.50 bits per heavy atom. The van der Waals surface area contributed by atoms with E-state index in [9.17, 15) is 0 Å². The quantitative estimate of drug-likeness (QED) is 0.867. The van der Waals surface area contributed by atoms with Crippen molar-refractivity contribution in [2.45, 2.75) is 38.8 Å². The number of piperidine rings is 1. The number of aryl methyl sites for hydroxylation is 1. The molecule has 1 fully saturated rings. The summed E-state index contributed by atoms with van der Waals surface area (Å²) in [7, 11) is 2.23. The minimum atomic E-state index is 0.707. The van der Waals surface area contributed by atoms with Crippen LogP contribution in [0.1, 0.15) is 29.7 Å². The van der Waals surface area contributed by atoms with Gasteiger partial charge in [0.15, 0.2) is 0 Å². The molecule has 1 aromatic rings. The van der Waals surface area contributed by atoms with Crippen LogP contribution in [0.15, 0.2) is 11.4 Å². The van der Waals surface area contributed by atoms with Gasteiger partial charge in [0.2, 0.25) is 0 Å². The number of thiophene rings is 1. The SMILES string of the molecule is Cc1ccsc1CN(C)CC1CCCCN1. The normalized spacial score (nSPS) is 21.6. The summed E-state index contributed by atoms with van der Waals surface area (Å²) in [6, 6.07) is 2.92. The highest BCUT2D eigenvalue weighted by molar-refractivity contribution is 7.10. The standard InChI is InChI=1S/C13H22N2S/c1-11-6-8-16-13(11)10-15(2)9-12-5-3-4-7-14-12/h6,8,12,14H,3-5,7,9-10H2,1-2H3. The lowest BCUT2D eigenvalue weighted by Gasteiger charge is -2.28. The maximum Gasteiger partial charge on any atom is 0.0328 e. The van der Waals surface area contributed by atoms with Gasteiger partial charge in [-0.15, -0.1) is 11.3 Å². The number of nitrogens with zero attached hydrogens (tertiary/aromatic N) is 1. The third-order valence-electron chi connectivity index (χ3n) is 3.33. The van der Waals surface area contributed by atoms with Crippen molar-refractivity contribution in [3.05, 3.63) is 21.9 Å². The van der Waals surface area contributed by atoms with Gasteiger partial charge in [0.1, 0.15) is 0 Å². The van der Waals surface area contributed by atoms with Gasteiger partial charge < -0.3 is 5.32 Å². The number of rotatable bonds is 4. The highest BCUT2D eigenvalue weighted by atomic mass is 32.1. The Morgan fingerprint density at radius 2 is 2.38 bits per heavy atom. The van der Waals surface area contributed by atoms with Crippen molar-refractivity contribution in [2.24, 2.45) is 0 Å². The number of likely N-dealkylation sites (N-methyl/N-ethyl adjacent to an activating group) is 1. The average Bonchev–Trinajstić information content (AvgIpc) is 2.66. The molecule has 1 aliphatic rings. The van der Waals surface area contributed by atoms with Crippen molar-refractivity contribution in [3.63, 3.8) is 0 Å². The summed E-state index contributed by atoms with van der Waals surface area (Å²) in [5.74, 6) is 0. The molecular weight excluding hydrogens is 216 g/mol. The van der Waals surface area contributed by atoms with Gasteiger partial charge in [0, 0.05) is 24.0 Å². The minimum absolute atomic E-state index is 0.707. The first-order chi connectivity index (χ1) is 7.75. The van der Waals surface area contributed by atoms with E-state index in [2.05, 4.69) is 35.6 Å². The number of hydrogen-bond acceptors (Lipinski definition) is 3. The van der Waals surface area contributed by atoms with Gasteiger partial charge in [-0.2, -0.15) is 0 Å². The van der Waals surface area contributed by atoms with Crippen LogP contribution in [0.2, 0.25) is 0 Å². The maximum absolute atomic E-state index is 3.61. The summed E-state index contributed by atoms with van der Waals surface area (Å²) in [6.07, 6.45) is 4.08. The molecular formula is C13H22N2S. The van der Waals surface area contributed by atoms with Gasteiger partial charge in [0.05, 0.1) is 0 Å². The van der Waals surface area contributed by atoms with Gasteiger partial charge in [0.25, 0.3) is 0 Å². The molecule has 0 aromatic carbocycles. The molecule has 3 heteroatoms. The molecule has 1 aliphatic heterocycles. The largest absolute Gasteiger partial charge is 0.313 e. The fourth-order valence-corrected chi connectivity index (χ4v) is 3.32. The van der Waals surface area contributed by atoms with Crippen LogP contribution in [-0.4, -0.2) is 31.1 Å². The van der Waals surface area contributed by atoms with Crippen LogP contribution in [0.5, 0.6) is 0 Å². The van der Waals surface area contributed by atoms with Crippen molar-refractivity contribution in [1.29, 1.82) is 0 Å². The molecule has 0 amide bonds. The fourth-order valence-electron chi connectivity index (χ4n) is 2.33. The summed E-state index contributed by atoms with van der Waals surface area (Å²) in [5, 5.41) is 5.80. The molecule has 0 saturated carbocycles. The van der Waals surface area contributed by atoms with Crippen molar-refractivity contribution in [1.82, 2.24) is 10.2 Å². The topological polar surface area (TPSA) is 15.3 Å². The van der Waals surface area contributed by atoms with Crippen LogP contribution in [-0.2, 0) is 6.54 Å². The van der Waals surface area contributed by atoms with Gasteiger partial charge in [-0.3, -0.25) is 4.90 Å². The summed E-state index contributed by atoms with van der Waals surface area (Å²) in [5.41, 5.74) is 1.44. The van der Waals surface area contributed by atoms with E-state index in [1.807, 2.05) is 11.3 Å². The Labute approximate surface area is 103 Å². The van der Waals surface area contributed by atoms with E-state index < -0.39 is 0 Å². The molecule has 2 nitrogen and oxygen atoms in total. The first-order valence-corrected chi connectivity index (χ1v) is 7.08. The summed E-state index contributed by atoms with van der Waals surface area (Å²) >= 11 is 1.88. The lowest BCUT2D eigenvalue weighted by Crippen LogP contribution is -2.42. The molecule has 0 bridgehead atoms. The molecule has 2 heterocycles. The Bertz CT molecular complexity index is 315. The van der Waals surface area contributed by atoms with Crippen LogP contribution in [0.4, 0.5) is 0 Å². The molecule has 90 valence electrons. The zero-order valence-corrected chi connectivity index (χ0v) is 11.1. The van der Waals surface area contributed by atoms with Gasteiger partial charge in [-0.05, 0) is 50.4 Å². The average molecular weight is 238 g/mol. The number of nitrogens with one attached hydrogen (secondary N) is 1. The van der Waals surface area contributed by atoms with Gasteiger partial charge in [-0.25, -0.2) is 0 Å². The molecule has 1 N–H and O–H groups in total. The van der Waals surface area contributed by atoms with Gasteiger partial charge >= 0.3 is 0 Å². The van der Waals surface area contributed by atoms with Crippen LogP contribution in [0.3, 0.4) is 0 Å². The van der Waals surface area contributed by atoms with E-state index in [0.29, 0.717) is 6.04 Å². The highest BCUT2D eigenvalue weighted by Crippen LogP contribution is 2.18. The third-order valence-corrected chi connectivity index (χ3v) is 4.33. The first-order valence-electron chi connectivity index (χ1n) is 6.20. The second-order valence-electron chi connectivity index (χ2n) is 4.87.